The smallest absolute Gasteiger partial charge is 0.0972 e. The molecule has 3 N–H and O–H groups in total. The zero-order chi connectivity index (χ0) is 12.3. The van der Waals surface area contributed by atoms with E-state index in [0.717, 1.165) is 11.8 Å². The van der Waals surface area contributed by atoms with E-state index in [4.69, 9.17) is 5.11 Å². The molecule has 0 radical (unpaired) electrons. The Morgan fingerprint density at radius 2 is 1.82 bits per heavy atom. The monoisotopic (exact) mass is 241 g/mol. The van der Waals surface area contributed by atoms with Crippen molar-refractivity contribution in [3.05, 3.63) is 0 Å². The summed E-state index contributed by atoms with van der Waals surface area (Å²) in [6, 6.07) is 0.548. The molecule has 0 saturated heterocycles. The molecule has 100 valence electrons. The van der Waals surface area contributed by atoms with Gasteiger partial charge < -0.3 is 15.5 Å². The molecule has 0 spiro atoms. The van der Waals surface area contributed by atoms with Gasteiger partial charge in [-0.25, -0.2) is 0 Å². The molecule has 2 fully saturated rings. The molecule has 17 heavy (non-hydrogen) atoms. The predicted molar refractivity (Wildman–Crippen MR) is 68.8 cm³/mol. The van der Waals surface area contributed by atoms with E-state index in [2.05, 4.69) is 5.32 Å². The maximum absolute atomic E-state index is 9.77. The highest BCUT2D eigenvalue weighted by Gasteiger charge is 2.32. The third-order valence-electron chi connectivity index (χ3n) is 4.65. The van der Waals surface area contributed by atoms with Gasteiger partial charge in [0.2, 0.25) is 0 Å². The van der Waals surface area contributed by atoms with Crippen LogP contribution in [0.3, 0.4) is 0 Å². The first kappa shape index (κ1) is 13.3. The van der Waals surface area contributed by atoms with Crippen LogP contribution in [0.15, 0.2) is 0 Å². The lowest BCUT2D eigenvalue weighted by Crippen LogP contribution is -2.47. The van der Waals surface area contributed by atoms with Crippen LogP contribution in [-0.2, 0) is 0 Å². The van der Waals surface area contributed by atoms with E-state index in [1.807, 2.05) is 0 Å². The van der Waals surface area contributed by atoms with Crippen LogP contribution >= 0.6 is 0 Å². The van der Waals surface area contributed by atoms with Gasteiger partial charge in [0, 0.05) is 12.6 Å². The molecule has 4 atom stereocenters. The van der Waals surface area contributed by atoms with Crippen LogP contribution in [0.1, 0.15) is 51.9 Å². The summed E-state index contributed by atoms with van der Waals surface area (Å²) in [5.41, 5.74) is -0.969. The van der Waals surface area contributed by atoms with Crippen molar-refractivity contribution in [2.24, 2.45) is 11.8 Å². The number of hydrogen-bond acceptors (Lipinski definition) is 3. The Bertz CT molecular complexity index is 242. The molecule has 3 nitrogen and oxygen atoms in total. The first-order valence-corrected chi connectivity index (χ1v) is 7.17. The van der Waals surface area contributed by atoms with Gasteiger partial charge in [-0.3, -0.25) is 0 Å². The van der Waals surface area contributed by atoms with Crippen LogP contribution < -0.4 is 5.32 Å². The Balaban J connectivity index is 1.76. The number of nitrogens with one attached hydrogen (secondary N) is 1. The molecule has 2 saturated carbocycles. The fourth-order valence-electron chi connectivity index (χ4n) is 3.48. The minimum absolute atomic E-state index is 0.168. The van der Waals surface area contributed by atoms with Crippen LogP contribution in [-0.4, -0.2) is 35.0 Å². The zero-order valence-electron chi connectivity index (χ0n) is 11.0. The van der Waals surface area contributed by atoms with E-state index in [1.165, 1.54) is 44.9 Å². The Kier molecular flexibility index (Phi) is 4.45. The second-order valence-electron chi connectivity index (χ2n) is 6.35. The minimum Gasteiger partial charge on any atom is -0.393 e. The maximum atomic E-state index is 9.77. The van der Waals surface area contributed by atoms with Gasteiger partial charge in [-0.15, -0.1) is 0 Å². The van der Waals surface area contributed by atoms with Crippen molar-refractivity contribution in [3.63, 3.8) is 0 Å². The molecular formula is C14H27NO2. The first-order chi connectivity index (χ1) is 8.11. The van der Waals surface area contributed by atoms with Crippen molar-refractivity contribution in [1.29, 1.82) is 0 Å². The largest absolute Gasteiger partial charge is 0.393 e. The van der Waals surface area contributed by atoms with E-state index in [0.29, 0.717) is 12.6 Å². The molecule has 0 aromatic heterocycles. The third kappa shape index (κ3) is 3.67. The van der Waals surface area contributed by atoms with Gasteiger partial charge in [0.25, 0.3) is 0 Å². The van der Waals surface area contributed by atoms with Gasteiger partial charge in [-0.1, -0.05) is 25.7 Å². The van der Waals surface area contributed by atoms with Crippen LogP contribution in [0, 0.1) is 11.8 Å². The van der Waals surface area contributed by atoms with E-state index in [-0.39, 0.29) is 6.61 Å². The lowest BCUT2D eigenvalue weighted by atomic mass is 9.69. The number of aliphatic hydroxyl groups is 2. The fourth-order valence-corrected chi connectivity index (χ4v) is 3.48. The molecule has 2 rings (SSSR count). The van der Waals surface area contributed by atoms with Crippen molar-refractivity contribution in [2.75, 3.05) is 13.2 Å². The Hall–Kier alpha value is -0.120. The Labute approximate surface area is 105 Å². The van der Waals surface area contributed by atoms with E-state index < -0.39 is 5.60 Å². The second kappa shape index (κ2) is 5.68. The maximum Gasteiger partial charge on any atom is 0.0972 e. The molecule has 0 bridgehead atoms. The minimum atomic E-state index is -0.969. The average Bonchev–Trinajstić information content (AvgIpc) is 2.36. The van der Waals surface area contributed by atoms with Gasteiger partial charge >= 0.3 is 0 Å². The standard InChI is InChI=1S/C14H27NO2/c1-14(17,10-16)9-15-13-7-6-11-4-2-3-5-12(11)8-13/h11-13,15-17H,2-10H2,1H3. The molecular weight excluding hydrogens is 214 g/mol. The van der Waals surface area contributed by atoms with Gasteiger partial charge in [0.05, 0.1) is 12.2 Å². The summed E-state index contributed by atoms with van der Waals surface area (Å²) in [5, 5.41) is 22.2. The molecule has 3 heteroatoms. The highest BCUT2D eigenvalue weighted by molar-refractivity contribution is 4.87. The molecule has 0 amide bonds. The van der Waals surface area contributed by atoms with Crippen molar-refractivity contribution in [1.82, 2.24) is 5.32 Å². The number of fused-ring (bicyclic) bond motifs is 1. The van der Waals surface area contributed by atoms with E-state index >= 15 is 0 Å². The highest BCUT2D eigenvalue weighted by Crippen LogP contribution is 2.40. The lowest BCUT2D eigenvalue weighted by Gasteiger charge is -2.40. The Morgan fingerprint density at radius 3 is 2.53 bits per heavy atom. The van der Waals surface area contributed by atoms with Crippen LogP contribution in [0.2, 0.25) is 0 Å². The molecule has 2 aliphatic rings. The lowest BCUT2D eigenvalue weighted by molar-refractivity contribution is -0.00212. The van der Waals surface area contributed by atoms with Gasteiger partial charge in [-0.05, 0) is 38.0 Å². The van der Waals surface area contributed by atoms with Crippen molar-refractivity contribution >= 4 is 0 Å². The predicted octanol–water partition coefficient (Wildman–Crippen LogP) is 1.68. The fraction of sp³-hybridized carbons (Fsp3) is 1.00. The van der Waals surface area contributed by atoms with Crippen LogP contribution in [0.4, 0.5) is 0 Å². The number of aliphatic hydroxyl groups excluding tert-OH is 1. The summed E-state index contributed by atoms with van der Waals surface area (Å²) in [4.78, 5) is 0. The van der Waals surface area contributed by atoms with Crippen LogP contribution in [0.25, 0.3) is 0 Å². The van der Waals surface area contributed by atoms with Crippen LogP contribution in [0.5, 0.6) is 0 Å². The normalized spacial score (nSPS) is 37.2. The summed E-state index contributed by atoms with van der Waals surface area (Å²) >= 11 is 0. The van der Waals surface area contributed by atoms with E-state index in [9.17, 15) is 5.11 Å². The summed E-state index contributed by atoms with van der Waals surface area (Å²) in [5.74, 6) is 1.88. The molecule has 0 aromatic rings. The number of rotatable bonds is 4. The molecule has 2 aliphatic carbocycles. The third-order valence-corrected chi connectivity index (χ3v) is 4.65. The van der Waals surface area contributed by atoms with Gasteiger partial charge in [0.15, 0.2) is 0 Å². The summed E-state index contributed by atoms with van der Waals surface area (Å²) in [6.07, 6.45) is 9.53. The Morgan fingerprint density at radius 1 is 1.12 bits per heavy atom. The van der Waals surface area contributed by atoms with Crippen molar-refractivity contribution in [3.8, 4) is 0 Å². The second-order valence-corrected chi connectivity index (χ2v) is 6.35. The molecule has 0 aromatic carbocycles. The SMILES string of the molecule is CC(O)(CO)CNC1CCC2CCCCC2C1. The average molecular weight is 241 g/mol. The topological polar surface area (TPSA) is 52.5 Å². The summed E-state index contributed by atoms with van der Waals surface area (Å²) in [7, 11) is 0. The molecule has 0 aliphatic heterocycles. The summed E-state index contributed by atoms with van der Waals surface area (Å²) in [6.45, 7) is 2.02. The highest BCUT2D eigenvalue weighted by atomic mass is 16.3. The zero-order valence-corrected chi connectivity index (χ0v) is 11.0. The van der Waals surface area contributed by atoms with E-state index in [1.54, 1.807) is 6.92 Å². The number of hydrogen-bond donors (Lipinski definition) is 3. The van der Waals surface area contributed by atoms with Crippen molar-refractivity contribution in [2.45, 2.75) is 63.5 Å². The first-order valence-electron chi connectivity index (χ1n) is 7.17. The molecule has 4 unspecified atom stereocenters. The van der Waals surface area contributed by atoms with Crippen molar-refractivity contribution < 1.29 is 10.2 Å². The summed E-state index contributed by atoms with van der Waals surface area (Å²) < 4.78 is 0. The van der Waals surface area contributed by atoms with Gasteiger partial charge in [-0.2, -0.15) is 0 Å². The molecule has 0 heterocycles. The quantitative estimate of drug-likeness (QED) is 0.702. The van der Waals surface area contributed by atoms with Gasteiger partial charge in [0.1, 0.15) is 0 Å².